The van der Waals surface area contributed by atoms with E-state index in [1.807, 2.05) is 0 Å². The van der Waals surface area contributed by atoms with Crippen LogP contribution in [-0.4, -0.2) is 47.4 Å². The van der Waals surface area contributed by atoms with Crippen LogP contribution < -0.4 is 20.8 Å². The smallest absolute Gasteiger partial charge is 0.422 e. The van der Waals surface area contributed by atoms with E-state index in [1.165, 1.54) is 25.1 Å². The third-order valence-corrected chi connectivity index (χ3v) is 7.52. The monoisotopic (exact) mass is 547 g/mol. The molecule has 2 atom stereocenters. The predicted octanol–water partition coefficient (Wildman–Crippen LogP) is 3.83. The Labute approximate surface area is 223 Å². The zero-order valence-electron chi connectivity index (χ0n) is 21.8. The minimum Gasteiger partial charge on any atom is -0.484 e. The van der Waals surface area contributed by atoms with E-state index in [9.17, 15) is 23.1 Å². The summed E-state index contributed by atoms with van der Waals surface area (Å²) in [6.45, 7) is 2.73. The minimum atomic E-state index is -4.42. The summed E-state index contributed by atoms with van der Waals surface area (Å²) >= 11 is 0. The van der Waals surface area contributed by atoms with Gasteiger partial charge in [-0.2, -0.15) is 18.3 Å². The SMILES string of the molecule is C/C(NC(=O)c1oncc1C)=C1\C(=N/NCCC2CC2)C[C@]2(CCc3cc(OCC(F)(F)F)ccc32)NC1O. The van der Waals surface area contributed by atoms with Gasteiger partial charge in [0.25, 0.3) is 5.91 Å². The van der Waals surface area contributed by atoms with Crippen molar-refractivity contribution in [1.29, 1.82) is 0 Å². The van der Waals surface area contributed by atoms with Gasteiger partial charge in [-0.15, -0.1) is 0 Å². The highest BCUT2D eigenvalue weighted by molar-refractivity contribution is 6.04. The number of hydrogen-bond acceptors (Lipinski definition) is 8. The number of rotatable bonds is 8. The fourth-order valence-corrected chi connectivity index (χ4v) is 5.39. The lowest BCUT2D eigenvalue weighted by Crippen LogP contribution is -2.55. The van der Waals surface area contributed by atoms with Crippen LogP contribution in [0.5, 0.6) is 5.75 Å². The van der Waals surface area contributed by atoms with Gasteiger partial charge in [0.05, 0.1) is 17.4 Å². The van der Waals surface area contributed by atoms with Crippen molar-refractivity contribution in [1.82, 2.24) is 21.2 Å². The van der Waals surface area contributed by atoms with Crippen molar-refractivity contribution in [3.8, 4) is 5.75 Å². The second-order valence-electron chi connectivity index (χ2n) is 10.6. The number of aromatic nitrogens is 1. The molecule has 2 fully saturated rings. The van der Waals surface area contributed by atoms with E-state index in [2.05, 4.69) is 26.3 Å². The highest BCUT2D eigenvalue weighted by Gasteiger charge is 2.46. The number of carbonyl (C=O) groups excluding carboxylic acids is 1. The van der Waals surface area contributed by atoms with Crippen LogP contribution in [0.3, 0.4) is 0 Å². The van der Waals surface area contributed by atoms with Crippen LogP contribution in [0, 0.1) is 12.8 Å². The van der Waals surface area contributed by atoms with Gasteiger partial charge in [-0.1, -0.05) is 24.1 Å². The Balaban J connectivity index is 1.40. The van der Waals surface area contributed by atoms with Gasteiger partial charge < -0.3 is 25.1 Å². The van der Waals surface area contributed by atoms with Crippen LogP contribution in [0.1, 0.15) is 66.3 Å². The van der Waals surface area contributed by atoms with Crippen molar-refractivity contribution in [2.75, 3.05) is 13.2 Å². The number of ether oxygens (including phenoxy) is 1. The highest BCUT2D eigenvalue weighted by Crippen LogP contribution is 2.45. The fraction of sp³-hybridized carbons (Fsp3) is 0.519. The van der Waals surface area contributed by atoms with Crippen molar-refractivity contribution in [2.45, 2.75) is 70.3 Å². The second kappa shape index (κ2) is 10.6. The second-order valence-corrected chi connectivity index (χ2v) is 10.6. The van der Waals surface area contributed by atoms with Crippen LogP contribution in [-0.2, 0) is 12.0 Å². The molecule has 1 aromatic carbocycles. The molecule has 2 heterocycles. The first-order chi connectivity index (χ1) is 18.5. The van der Waals surface area contributed by atoms with Crippen molar-refractivity contribution < 1.29 is 32.3 Å². The topological polar surface area (TPSA) is 121 Å². The van der Waals surface area contributed by atoms with Gasteiger partial charge in [0.2, 0.25) is 5.76 Å². The maximum absolute atomic E-state index is 12.8. The fourth-order valence-electron chi connectivity index (χ4n) is 5.39. The molecule has 12 heteroatoms. The van der Waals surface area contributed by atoms with Gasteiger partial charge in [-0.3, -0.25) is 10.1 Å². The number of aliphatic hydroxyl groups excluding tert-OH is 1. The van der Waals surface area contributed by atoms with Gasteiger partial charge in [0, 0.05) is 29.8 Å². The number of aryl methyl sites for hydroxylation is 2. The lowest BCUT2D eigenvalue weighted by Gasteiger charge is -2.41. The van der Waals surface area contributed by atoms with Crippen molar-refractivity contribution >= 4 is 11.6 Å². The van der Waals surface area contributed by atoms with Gasteiger partial charge >= 0.3 is 6.18 Å². The van der Waals surface area contributed by atoms with E-state index in [-0.39, 0.29) is 11.5 Å². The number of halogens is 3. The van der Waals surface area contributed by atoms with Crippen molar-refractivity contribution in [2.24, 2.45) is 11.0 Å². The summed E-state index contributed by atoms with van der Waals surface area (Å²) in [6, 6.07) is 4.90. The molecular formula is C27H32F3N5O4. The molecule has 0 radical (unpaired) electrons. The number of piperidine rings is 1. The number of nitrogens with zero attached hydrogens (tertiary/aromatic N) is 2. The molecule has 2 aromatic rings. The van der Waals surface area contributed by atoms with Crippen LogP contribution in [0.4, 0.5) is 13.2 Å². The normalized spacial score (nSPS) is 25.1. The first-order valence-corrected chi connectivity index (χ1v) is 13.1. The Morgan fingerprint density at radius 3 is 2.85 bits per heavy atom. The lowest BCUT2D eigenvalue weighted by molar-refractivity contribution is -0.153. The van der Waals surface area contributed by atoms with Crippen LogP contribution in [0.2, 0.25) is 0 Å². The molecule has 39 heavy (non-hydrogen) atoms. The van der Waals surface area contributed by atoms with Gasteiger partial charge in [-0.25, -0.2) is 0 Å². The first kappa shape index (κ1) is 27.2. The number of hydrogen-bond donors (Lipinski definition) is 4. The summed E-state index contributed by atoms with van der Waals surface area (Å²) in [4.78, 5) is 12.8. The third-order valence-electron chi connectivity index (χ3n) is 7.52. The quantitative estimate of drug-likeness (QED) is 0.293. The number of aliphatic hydroxyl groups is 1. The zero-order chi connectivity index (χ0) is 27.8. The highest BCUT2D eigenvalue weighted by atomic mass is 19.4. The van der Waals surface area contributed by atoms with Gasteiger partial charge in [0.1, 0.15) is 12.0 Å². The number of carbonyl (C=O) groups is 1. The number of nitrogens with one attached hydrogen (secondary N) is 3. The van der Waals surface area contributed by atoms with E-state index >= 15 is 0 Å². The molecule has 5 rings (SSSR count). The Morgan fingerprint density at radius 2 is 2.15 bits per heavy atom. The molecule has 1 spiro atoms. The van der Waals surface area contributed by atoms with Crippen LogP contribution >= 0.6 is 0 Å². The van der Waals surface area contributed by atoms with Crippen LogP contribution in [0.25, 0.3) is 0 Å². The summed E-state index contributed by atoms with van der Waals surface area (Å²) in [7, 11) is 0. The number of fused-ring (bicyclic) bond motifs is 2. The average Bonchev–Trinajstić information content (AvgIpc) is 3.50. The van der Waals surface area contributed by atoms with E-state index in [4.69, 9.17) is 9.26 Å². The number of hydrazone groups is 1. The molecule has 1 amide bonds. The Hall–Kier alpha value is -3.38. The maximum atomic E-state index is 12.8. The zero-order valence-corrected chi connectivity index (χ0v) is 21.8. The molecule has 4 N–H and O–H groups in total. The number of benzene rings is 1. The molecule has 1 unspecified atom stereocenters. The van der Waals surface area contributed by atoms with E-state index < -0.39 is 30.5 Å². The standard InChI is InChI=1S/C27H32F3N5O4/c1-15-13-32-39-23(15)25(37)33-16(2)22-21(35-31-10-8-17-3-4-17)12-26(34-24(22)36)9-7-18-11-19(5-6-20(18)26)38-14-27(28,29)30/h5-6,11,13,17,24,31,34,36H,3-4,7-10,12,14H2,1-2H3,(H,33,37)/b22-16-,35-21-/t24?,26-/m0/s1. The third kappa shape index (κ3) is 6.11. The van der Waals surface area contributed by atoms with Crippen molar-refractivity contribution in [3.63, 3.8) is 0 Å². The Kier molecular flexibility index (Phi) is 7.43. The van der Waals surface area contributed by atoms with Gasteiger partial charge in [0.15, 0.2) is 6.61 Å². The molecule has 1 saturated carbocycles. The molecule has 9 nitrogen and oxygen atoms in total. The van der Waals surface area contributed by atoms with Gasteiger partial charge in [-0.05, 0) is 62.3 Å². The number of alkyl halides is 3. The summed E-state index contributed by atoms with van der Waals surface area (Å²) in [5.74, 6) is 0.469. The summed E-state index contributed by atoms with van der Waals surface area (Å²) in [5, 5.41) is 25.7. The Morgan fingerprint density at radius 1 is 1.36 bits per heavy atom. The summed E-state index contributed by atoms with van der Waals surface area (Å²) in [5.41, 5.74) is 6.24. The molecule has 1 aliphatic heterocycles. The van der Waals surface area contributed by atoms with Crippen molar-refractivity contribution in [3.05, 3.63) is 58.1 Å². The molecule has 3 aliphatic rings. The molecule has 2 aliphatic carbocycles. The van der Waals surface area contributed by atoms with E-state index in [0.29, 0.717) is 48.4 Å². The number of allylic oxidation sites excluding steroid dienone is 1. The van der Waals surface area contributed by atoms with Crippen LogP contribution in [0.15, 0.2) is 45.3 Å². The Bertz CT molecular complexity index is 1300. The molecule has 0 bridgehead atoms. The molecule has 1 saturated heterocycles. The molecular weight excluding hydrogens is 515 g/mol. The summed E-state index contributed by atoms with van der Waals surface area (Å²) in [6.07, 6.45) is 0.942. The predicted molar refractivity (Wildman–Crippen MR) is 136 cm³/mol. The minimum absolute atomic E-state index is 0.0824. The van der Waals surface area contributed by atoms with E-state index in [0.717, 1.165) is 23.5 Å². The van der Waals surface area contributed by atoms with E-state index in [1.54, 1.807) is 26.0 Å². The molecule has 210 valence electrons. The largest absolute Gasteiger partial charge is 0.484 e. The summed E-state index contributed by atoms with van der Waals surface area (Å²) < 4.78 is 47.9. The lowest BCUT2D eigenvalue weighted by atomic mass is 9.79. The first-order valence-electron chi connectivity index (χ1n) is 13.1. The average molecular weight is 548 g/mol. The maximum Gasteiger partial charge on any atom is 0.422 e. The number of amides is 1. The molecule has 1 aromatic heterocycles.